The predicted octanol–water partition coefficient (Wildman–Crippen LogP) is -5.62. The van der Waals surface area contributed by atoms with Crippen molar-refractivity contribution in [2.45, 2.75) is 19.3 Å². The summed E-state index contributed by atoms with van der Waals surface area (Å²) in [6.45, 7) is 0. The molecule has 0 saturated heterocycles. The molecule has 0 aliphatic carbocycles. The fraction of sp³-hybridized carbons (Fsp3) is 0.600. The van der Waals surface area contributed by atoms with E-state index in [-0.39, 0.29) is 116 Å². The first-order chi connectivity index (χ1) is 3.41. The topological polar surface area (TPSA) is 34.1 Å². The Morgan fingerprint density at radius 1 is 0.889 bits per heavy atom. The fourth-order valence-electron chi connectivity index (χ4n) is 0.233. The van der Waals surface area contributed by atoms with Crippen molar-refractivity contribution < 1.29 is 126 Å². The van der Waals surface area contributed by atoms with Gasteiger partial charge >= 0.3 is 116 Å². The van der Waals surface area contributed by atoms with Crippen molar-refractivity contribution >= 4 is 12.6 Å². The van der Waals surface area contributed by atoms with E-state index in [1.54, 1.807) is 12.6 Å². The van der Waals surface area contributed by atoms with Gasteiger partial charge in [0.05, 0.1) is 0 Å². The van der Waals surface area contributed by atoms with Crippen LogP contribution in [0.25, 0.3) is 0 Å². The molecule has 0 saturated carbocycles. The van der Waals surface area contributed by atoms with Crippen LogP contribution in [0.15, 0.2) is 0 Å². The van der Waals surface area contributed by atoms with E-state index in [0.29, 0.717) is 19.3 Å². The molecule has 0 aromatic rings. The van der Waals surface area contributed by atoms with Crippen LogP contribution in [0, 0.1) is 0 Å². The number of hydrogen-bond donors (Lipinski definition) is 0. The molecule has 0 atom stereocenters. The van der Waals surface area contributed by atoms with Crippen molar-refractivity contribution in [2.24, 2.45) is 0 Å². The molecule has 0 radical (unpaired) electrons. The van der Waals surface area contributed by atoms with E-state index in [1.165, 1.54) is 0 Å². The maximum absolute atomic E-state index is 9.42. The summed E-state index contributed by atoms with van der Waals surface area (Å²) >= 11 is 0. The summed E-state index contributed by atoms with van der Waals surface area (Å²) in [5, 5.41) is 0. The van der Waals surface area contributed by atoms with Crippen molar-refractivity contribution in [3.63, 3.8) is 0 Å². The van der Waals surface area contributed by atoms with Gasteiger partial charge in [-0.25, -0.2) is 0 Å². The Kier molecular flexibility index (Phi) is 34.1. The molecule has 0 fully saturated rings. The molecule has 0 rings (SSSR count). The molecule has 0 amide bonds. The monoisotopic (exact) mass is 268 g/mol. The Hall–Kier alpha value is 2.95. The zero-order chi connectivity index (χ0) is 5.54. The summed E-state index contributed by atoms with van der Waals surface area (Å²) in [6, 6.07) is 0. The molecule has 0 aliphatic heterocycles. The molecular weight excluding hydrogens is 263 g/mol. The zero-order valence-corrected chi connectivity index (χ0v) is 15.8. The Morgan fingerprint density at radius 2 is 1.22 bits per heavy atom. The summed E-state index contributed by atoms with van der Waals surface area (Å²) in [4.78, 5) is 18.8. The summed E-state index contributed by atoms with van der Waals surface area (Å²) in [6.07, 6.45) is 4.65. The maximum Gasteiger partial charge on any atom is 1.00 e. The average molecular weight is 269 g/mol. The van der Waals surface area contributed by atoms with E-state index in [9.17, 15) is 9.59 Å². The SMILES string of the molecule is O=[C-]CCC[C-]=O.[Rb+].[Rb+]. The number of hydrogen-bond acceptors (Lipinski definition) is 2. The normalized spacial score (nSPS) is 6.22. The predicted molar refractivity (Wildman–Crippen MR) is 25.2 cm³/mol. The number of rotatable bonds is 4. The van der Waals surface area contributed by atoms with Crippen molar-refractivity contribution in [3.8, 4) is 0 Å². The molecule has 0 aromatic heterocycles. The summed E-state index contributed by atoms with van der Waals surface area (Å²) in [5.41, 5.74) is 0. The molecule has 0 spiro atoms. The minimum atomic E-state index is 0. The second-order valence-electron chi connectivity index (χ2n) is 1.14. The van der Waals surface area contributed by atoms with Gasteiger partial charge in [0.15, 0.2) is 0 Å². The fourth-order valence-corrected chi connectivity index (χ4v) is 0.233. The van der Waals surface area contributed by atoms with Crippen molar-refractivity contribution in [1.29, 1.82) is 0 Å². The molecular formula is C5H6O2Rb2. The first-order valence-corrected chi connectivity index (χ1v) is 2.12. The van der Waals surface area contributed by atoms with Crippen molar-refractivity contribution in [1.82, 2.24) is 0 Å². The van der Waals surface area contributed by atoms with E-state index in [1.807, 2.05) is 0 Å². The van der Waals surface area contributed by atoms with Crippen LogP contribution in [0.4, 0.5) is 0 Å². The largest absolute Gasteiger partial charge is 1.00 e. The third-order valence-corrected chi connectivity index (χ3v) is 0.558. The summed E-state index contributed by atoms with van der Waals surface area (Å²) < 4.78 is 0. The molecule has 2 nitrogen and oxygen atoms in total. The Labute approximate surface area is 153 Å². The molecule has 4 heteroatoms. The molecule has 0 bridgehead atoms. The van der Waals surface area contributed by atoms with Gasteiger partial charge in [0.1, 0.15) is 0 Å². The minimum absolute atomic E-state index is 0. The molecule has 0 aliphatic rings. The number of unbranched alkanes of at least 4 members (excludes halogenated alkanes) is 2. The Balaban J connectivity index is -0.000000180. The molecule has 40 valence electrons. The van der Waals surface area contributed by atoms with Crippen molar-refractivity contribution in [3.05, 3.63) is 0 Å². The van der Waals surface area contributed by atoms with Gasteiger partial charge in [-0.15, -0.1) is 6.42 Å². The van der Waals surface area contributed by atoms with Gasteiger partial charge < -0.3 is 9.59 Å². The molecule has 0 aromatic carbocycles. The van der Waals surface area contributed by atoms with Crippen molar-refractivity contribution in [2.75, 3.05) is 0 Å². The first kappa shape index (κ1) is 17.9. The maximum atomic E-state index is 9.42. The molecule has 0 unspecified atom stereocenters. The Morgan fingerprint density at radius 3 is 1.44 bits per heavy atom. The van der Waals surface area contributed by atoms with Crippen LogP contribution in [-0.4, -0.2) is 12.6 Å². The second kappa shape index (κ2) is 17.2. The van der Waals surface area contributed by atoms with Gasteiger partial charge in [-0.3, -0.25) is 12.6 Å². The van der Waals surface area contributed by atoms with Gasteiger partial charge in [-0.1, -0.05) is 0 Å². The third-order valence-electron chi connectivity index (χ3n) is 0.558. The molecule has 9 heavy (non-hydrogen) atoms. The van der Waals surface area contributed by atoms with Crippen LogP contribution in [0.3, 0.4) is 0 Å². The van der Waals surface area contributed by atoms with Gasteiger partial charge in [0.2, 0.25) is 0 Å². The van der Waals surface area contributed by atoms with Gasteiger partial charge in [-0.2, -0.15) is 12.8 Å². The van der Waals surface area contributed by atoms with E-state index < -0.39 is 0 Å². The quantitative estimate of drug-likeness (QED) is 0.377. The molecule has 0 N–H and O–H groups in total. The van der Waals surface area contributed by atoms with E-state index in [0.717, 1.165) is 0 Å². The van der Waals surface area contributed by atoms with E-state index >= 15 is 0 Å². The van der Waals surface area contributed by atoms with Crippen LogP contribution in [0.5, 0.6) is 0 Å². The Bertz CT molecular complexity index is 58.0. The minimum Gasteiger partial charge on any atom is -0.542 e. The second-order valence-corrected chi connectivity index (χ2v) is 1.14. The summed E-state index contributed by atoms with van der Waals surface area (Å²) in [7, 11) is 0. The zero-order valence-electron chi connectivity index (χ0n) is 5.94. The standard InChI is InChI=1S/C5H6O2.2Rb/c6-4-2-1-3-5-7;;/h1-3H2;;/q-2;2*+1. The summed E-state index contributed by atoms with van der Waals surface area (Å²) in [5.74, 6) is 0. The molecule has 0 heterocycles. The van der Waals surface area contributed by atoms with Gasteiger partial charge in [0, 0.05) is 0 Å². The smallest absolute Gasteiger partial charge is 0.542 e. The van der Waals surface area contributed by atoms with E-state index in [2.05, 4.69) is 0 Å². The first-order valence-electron chi connectivity index (χ1n) is 2.12. The van der Waals surface area contributed by atoms with Crippen LogP contribution in [0.1, 0.15) is 19.3 Å². The average Bonchev–Trinajstić information content (AvgIpc) is 1.69. The van der Waals surface area contributed by atoms with Crippen LogP contribution in [0.2, 0.25) is 0 Å². The number of carbonyl (C=O) groups excluding carboxylic acids is 2. The van der Waals surface area contributed by atoms with Gasteiger partial charge in [-0.05, 0) is 0 Å². The van der Waals surface area contributed by atoms with Gasteiger partial charge in [0.25, 0.3) is 0 Å². The third kappa shape index (κ3) is 18.2. The van der Waals surface area contributed by atoms with Crippen LogP contribution in [-0.2, 0) is 9.59 Å². The van der Waals surface area contributed by atoms with Crippen LogP contribution >= 0.6 is 0 Å². The van der Waals surface area contributed by atoms with Crippen LogP contribution < -0.4 is 116 Å². The van der Waals surface area contributed by atoms with E-state index in [4.69, 9.17) is 0 Å².